The molecule has 130 valence electrons. The van der Waals surface area contributed by atoms with Crippen molar-refractivity contribution in [2.24, 2.45) is 0 Å². The standard InChI is InChI=1S/C20H28N2O2/c1-3-24-20(23)17-8-10-18(11-9-17)21-12-14-22(15-13-21)19-7-5-4-6-16(19)2/h8-11,19H,2-7,12-15H2,1H3. The zero-order valence-corrected chi connectivity index (χ0v) is 14.7. The van der Waals surface area contributed by atoms with Gasteiger partial charge in [0.1, 0.15) is 0 Å². The molecule has 0 radical (unpaired) electrons. The number of benzene rings is 1. The van der Waals surface area contributed by atoms with Gasteiger partial charge >= 0.3 is 5.97 Å². The fraction of sp³-hybridized carbons (Fsp3) is 0.550. The van der Waals surface area contributed by atoms with Crippen molar-refractivity contribution in [1.29, 1.82) is 0 Å². The molecule has 0 aromatic heterocycles. The molecule has 2 aliphatic rings. The molecule has 0 amide bonds. The molecular formula is C20H28N2O2. The summed E-state index contributed by atoms with van der Waals surface area (Å²) in [5.74, 6) is -0.246. The highest BCUT2D eigenvalue weighted by atomic mass is 16.5. The topological polar surface area (TPSA) is 32.8 Å². The first kappa shape index (κ1) is 17.0. The van der Waals surface area contributed by atoms with Gasteiger partial charge in [-0.15, -0.1) is 0 Å². The van der Waals surface area contributed by atoms with Crippen LogP contribution in [0.15, 0.2) is 36.4 Å². The first-order valence-corrected chi connectivity index (χ1v) is 9.13. The molecule has 1 aliphatic carbocycles. The lowest BCUT2D eigenvalue weighted by atomic mass is 9.89. The van der Waals surface area contributed by atoms with Gasteiger partial charge in [0, 0.05) is 37.9 Å². The third kappa shape index (κ3) is 3.81. The van der Waals surface area contributed by atoms with E-state index in [1.807, 2.05) is 31.2 Å². The number of hydrogen-bond donors (Lipinski definition) is 0. The Morgan fingerprint density at radius 3 is 2.50 bits per heavy atom. The zero-order valence-electron chi connectivity index (χ0n) is 14.7. The van der Waals surface area contributed by atoms with E-state index in [9.17, 15) is 4.79 Å². The SMILES string of the molecule is C=C1CCCCC1N1CCN(c2ccc(C(=O)OCC)cc2)CC1. The number of rotatable bonds is 4. The Labute approximate surface area is 145 Å². The van der Waals surface area contributed by atoms with E-state index in [0.29, 0.717) is 18.2 Å². The summed E-state index contributed by atoms with van der Waals surface area (Å²) < 4.78 is 5.04. The van der Waals surface area contributed by atoms with E-state index in [0.717, 1.165) is 26.2 Å². The predicted octanol–water partition coefficient (Wildman–Crippen LogP) is 3.48. The lowest BCUT2D eigenvalue weighted by Crippen LogP contribution is -2.51. The molecule has 24 heavy (non-hydrogen) atoms. The van der Waals surface area contributed by atoms with Gasteiger partial charge in [0.25, 0.3) is 0 Å². The highest BCUT2D eigenvalue weighted by Crippen LogP contribution is 2.28. The molecule has 4 heteroatoms. The normalized spacial score (nSPS) is 22.5. The summed E-state index contributed by atoms with van der Waals surface area (Å²) in [4.78, 5) is 16.7. The molecule has 1 unspecified atom stereocenters. The number of ether oxygens (including phenoxy) is 1. The number of esters is 1. The van der Waals surface area contributed by atoms with Gasteiger partial charge in [-0.1, -0.05) is 18.6 Å². The van der Waals surface area contributed by atoms with Crippen molar-refractivity contribution >= 4 is 11.7 Å². The van der Waals surface area contributed by atoms with Gasteiger partial charge in [0.15, 0.2) is 0 Å². The number of anilines is 1. The first-order valence-electron chi connectivity index (χ1n) is 9.13. The van der Waals surface area contributed by atoms with Crippen LogP contribution in [0.2, 0.25) is 0 Å². The Balaban J connectivity index is 1.56. The molecule has 1 saturated carbocycles. The van der Waals surface area contributed by atoms with Crippen LogP contribution < -0.4 is 4.90 Å². The Hall–Kier alpha value is -1.81. The molecule has 1 aromatic rings. The van der Waals surface area contributed by atoms with Gasteiger partial charge in [-0.3, -0.25) is 4.90 Å². The average molecular weight is 328 g/mol. The maximum Gasteiger partial charge on any atom is 0.338 e. The van der Waals surface area contributed by atoms with Crippen molar-refractivity contribution in [3.63, 3.8) is 0 Å². The summed E-state index contributed by atoms with van der Waals surface area (Å²) in [6.07, 6.45) is 5.11. The second kappa shape index (κ2) is 7.84. The Morgan fingerprint density at radius 2 is 1.88 bits per heavy atom. The number of piperazine rings is 1. The van der Waals surface area contributed by atoms with E-state index in [4.69, 9.17) is 4.74 Å². The van der Waals surface area contributed by atoms with Crippen LogP contribution in [-0.2, 0) is 4.74 Å². The molecule has 1 saturated heterocycles. The third-order valence-electron chi connectivity index (χ3n) is 5.20. The lowest BCUT2D eigenvalue weighted by molar-refractivity contribution is 0.0526. The van der Waals surface area contributed by atoms with Crippen LogP contribution in [0.25, 0.3) is 0 Å². The average Bonchev–Trinajstić information content (AvgIpc) is 2.63. The van der Waals surface area contributed by atoms with Crippen molar-refractivity contribution in [3.8, 4) is 0 Å². The molecule has 1 aliphatic heterocycles. The lowest BCUT2D eigenvalue weighted by Gasteiger charge is -2.42. The maximum absolute atomic E-state index is 11.7. The van der Waals surface area contributed by atoms with Crippen molar-refractivity contribution < 1.29 is 9.53 Å². The largest absolute Gasteiger partial charge is 0.462 e. The van der Waals surface area contributed by atoms with Crippen LogP contribution in [0.5, 0.6) is 0 Å². The Kier molecular flexibility index (Phi) is 5.56. The molecule has 1 heterocycles. The molecule has 2 fully saturated rings. The van der Waals surface area contributed by atoms with E-state index >= 15 is 0 Å². The molecule has 0 bridgehead atoms. The van der Waals surface area contributed by atoms with E-state index in [1.54, 1.807) is 0 Å². The maximum atomic E-state index is 11.7. The van der Waals surface area contributed by atoms with Gasteiger partial charge in [0.2, 0.25) is 0 Å². The van der Waals surface area contributed by atoms with Gasteiger partial charge in [-0.05, 0) is 50.5 Å². The number of carbonyl (C=O) groups excluding carboxylic acids is 1. The minimum Gasteiger partial charge on any atom is -0.462 e. The molecule has 0 spiro atoms. The molecule has 3 rings (SSSR count). The summed E-state index contributed by atoms with van der Waals surface area (Å²) in [5, 5.41) is 0. The van der Waals surface area contributed by atoms with Gasteiger partial charge in [-0.25, -0.2) is 4.79 Å². The fourth-order valence-electron chi connectivity index (χ4n) is 3.82. The van der Waals surface area contributed by atoms with Crippen LogP contribution in [-0.4, -0.2) is 49.7 Å². The van der Waals surface area contributed by atoms with Crippen molar-refractivity contribution in [2.45, 2.75) is 38.6 Å². The summed E-state index contributed by atoms with van der Waals surface area (Å²) >= 11 is 0. The zero-order chi connectivity index (χ0) is 16.9. The first-order chi connectivity index (χ1) is 11.7. The number of hydrogen-bond acceptors (Lipinski definition) is 4. The van der Waals surface area contributed by atoms with Crippen LogP contribution in [0, 0.1) is 0 Å². The highest BCUT2D eigenvalue weighted by Gasteiger charge is 2.27. The molecule has 1 atom stereocenters. The van der Waals surface area contributed by atoms with Crippen molar-refractivity contribution in [3.05, 3.63) is 42.0 Å². The quantitative estimate of drug-likeness (QED) is 0.626. The Morgan fingerprint density at radius 1 is 1.17 bits per heavy atom. The monoisotopic (exact) mass is 328 g/mol. The van der Waals surface area contributed by atoms with E-state index in [-0.39, 0.29) is 5.97 Å². The van der Waals surface area contributed by atoms with Gasteiger partial charge in [0.05, 0.1) is 12.2 Å². The van der Waals surface area contributed by atoms with Crippen LogP contribution in [0.1, 0.15) is 43.0 Å². The summed E-state index contributed by atoms with van der Waals surface area (Å²) in [5.41, 5.74) is 3.23. The fourth-order valence-corrected chi connectivity index (χ4v) is 3.82. The van der Waals surface area contributed by atoms with E-state index < -0.39 is 0 Å². The Bertz CT molecular complexity index is 574. The second-order valence-corrected chi connectivity index (χ2v) is 6.71. The molecule has 0 N–H and O–H groups in total. The van der Waals surface area contributed by atoms with Gasteiger partial charge < -0.3 is 9.64 Å². The predicted molar refractivity (Wildman–Crippen MR) is 97.6 cm³/mol. The highest BCUT2D eigenvalue weighted by molar-refractivity contribution is 5.89. The minimum absolute atomic E-state index is 0.246. The van der Waals surface area contributed by atoms with Crippen LogP contribution in [0.3, 0.4) is 0 Å². The second-order valence-electron chi connectivity index (χ2n) is 6.71. The van der Waals surface area contributed by atoms with E-state index in [2.05, 4.69) is 16.4 Å². The third-order valence-corrected chi connectivity index (χ3v) is 5.20. The summed E-state index contributed by atoms with van der Waals surface area (Å²) in [6.45, 7) is 10.8. The minimum atomic E-state index is -0.246. The van der Waals surface area contributed by atoms with Gasteiger partial charge in [-0.2, -0.15) is 0 Å². The van der Waals surface area contributed by atoms with Crippen molar-refractivity contribution in [2.75, 3.05) is 37.7 Å². The van der Waals surface area contributed by atoms with Crippen LogP contribution in [0.4, 0.5) is 5.69 Å². The smallest absolute Gasteiger partial charge is 0.338 e. The molecular weight excluding hydrogens is 300 g/mol. The molecule has 1 aromatic carbocycles. The summed E-state index contributed by atoms with van der Waals surface area (Å²) in [6, 6.07) is 8.38. The van der Waals surface area contributed by atoms with Crippen molar-refractivity contribution in [1.82, 2.24) is 4.90 Å². The number of nitrogens with zero attached hydrogens (tertiary/aromatic N) is 2. The number of carbonyl (C=O) groups is 1. The van der Waals surface area contributed by atoms with Crippen LogP contribution >= 0.6 is 0 Å². The van der Waals surface area contributed by atoms with E-state index in [1.165, 1.54) is 36.9 Å². The molecule has 4 nitrogen and oxygen atoms in total. The summed E-state index contributed by atoms with van der Waals surface area (Å²) in [7, 11) is 0.